The fraction of sp³-hybridized carbons (Fsp3) is 0.550. The Morgan fingerprint density at radius 3 is 2.56 bits per heavy atom. The molecule has 2 heterocycles. The van der Waals surface area contributed by atoms with Crippen LogP contribution in [0.25, 0.3) is 0 Å². The molecular formula is C20H22F3N3O. The maximum Gasteiger partial charge on any atom is 0.413 e. The van der Waals surface area contributed by atoms with Crippen molar-refractivity contribution >= 4 is 5.91 Å². The van der Waals surface area contributed by atoms with Crippen LogP contribution in [0.1, 0.15) is 36.7 Å². The van der Waals surface area contributed by atoms with Crippen LogP contribution in [0.3, 0.4) is 0 Å². The lowest BCUT2D eigenvalue weighted by atomic mass is 9.66. The van der Waals surface area contributed by atoms with E-state index in [0.29, 0.717) is 25.2 Å². The van der Waals surface area contributed by atoms with Gasteiger partial charge < -0.3 is 4.90 Å². The summed E-state index contributed by atoms with van der Waals surface area (Å²) in [5, 5.41) is 7.62. The molecule has 4 rings (SSSR count). The molecule has 0 radical (unpaired) electrons. The van der Waals surface area contributed by atoms with Crippen molar-refractivity contribution < 1.29 is 18.0 Å². The molecule has 144 valence electrons. The van der Waals surface area contributed by atoms with Crippen molar-refractivity contribution in [2.75, 3.05) is 13.1 Å². The molecule has 0 aromatic carbocycles. The summed E-state index contributed by atoms with van der Waals surface area (Å²) in [6, 6.07) is 3.32. The van der Waals surface area contributed by atoms with Crippen LogP contribution in [0.5, 0.6) is 0 Å². The van der Waals surface area contributed by atoms with E-state index < -0.39 is 17.2 Å². The second kappa shape index (κ2) is 6.46. The number of aromatic nitrogens is 2. The van der Waals surface area contributed by atoms with Gasteiger partial charge in [-0.1, -0.05) is 25.2 Å². The molecule has 1 aliphatic heterocycles. The molecule has 0 N–H and O–H groups in total. The number of rotatable bonds is 2. The van der Waals surface area contributed by atoms with E-state index in [0.717, 1.165) is 12.8 Å². The first kappa shape index (κ1) is 18.2. The first-order chi connectivity index (χ1) is 12.8. The number of allylic oxidation sites excluding steroid dienone is 4. The van der Waals surface area contributed by atoms with Gasteiger partial charge in [-0.15, -0.1) is 5.10 Å². The van der Waals surface area contributed by atoms with Crippen molar-refractivity contribution in [3.8, 4) is 0 Å². The van der Waals surface area contributed by atoms with Crippen LogP contribution in [0, 0.1) is 23.2 Å². The van der Waals surface area contributed by atoms with Crippen molar-refractivity contribution in [3.05, 3.63) is 47.8 Å². The van der Waals surface area contributed by atoms with Gasteiger partial charge in [0.05, 0.1) is 0 Å². The zero-order chi connectivity index (χ0) is 19.2. The average molecular weight is 377 g/mol. The highest BCUT2D eigenvalue weighted by Crippen LogP contribution is 2.56. The van der Waals surface area contributed by atoms with Crippen LogP contribution in [0.2, 0.25) is 0 Å². The number of carbonyl (C=O) groups is 1. The van der Waals surface area contributed by atoms with Gasteiger partial charge in [-0.25, -0.2) is 0 Å². The summed E-state index contributed by atoms with van der Waals surface area (Å²) in [5.74, 6) is 0.358. The van der Waals surface area contributed by atoms with E-state index in [1.807, 2.05) is 6.08 Å². The summed E-state index contributed by atoms with van der Waals surface area (Å²) < 4.78 is 40.7. The minimum absolute atomic E-state index is 0.0147. The number of nitrogens with zero attached hydrogens (tertiary/aromatic N) is 3. The molecule has 1 saturated carbocycles. The Hall–Kier alpha value is -2.18. The Labute approximate surface area is 156 Å². The third-order valence-corrected chi connectivity index (χ3v) is 6.59. The van der Waals surface area contributed by atoms with E-state index in [2.05, 4.69) is 10.2 Å². The third-order valence-electron chi connectivity index (χ3n) is 6.59. The van der Waals surface area contributed by atoms with Crippen LogP contribution in [0.4, 0.5) is 13.2 Å². The Morgan fingerprint density at radius 2 is 1.96 bits per heavy atom. The molecule has 2 unspecified atom stereocenters. The maximum absolute atomic E-state index is 13.6. The number of carbonyl (C=O) groups excluding carboxylic acids is 1. The summed E-state index contributed by atoms with van der Waals surface area (Å²) in [6.07, 6.45) is 3.69. The molecule has 4 atom stereocenters. The Balaban J connectivity index is 1.46. The molecule has 0 bridgehead atoms. The van der Waals surface area contributed by atoms with Gasteiger partial charge in [0, 0.05) is 30.3 Å². The van der Waals surface area contributed by atoms with E-state index in [4.69, 9.17) is 0 Å². The summed E-state index contributed by atoms with van der Waals surface area (Å²) in [6.45, 7) is 2.94. The van der Waals surface area contributed by atoms with Crippen LogP contribution < -0.4 is 0 Å². The SMILES string of the molecule is CC1(C2C[C@@H]3CN(C(=O)c4cccnn4)C[C@@H]3C2)CC=CC=C1C(F)(F)F. The Bertz CT molecular complexity index is 775. The van der Waals surface area contributed by atoms with Gasteiger partial charge in [0.2, 0.25) is 0 Å². The fourth-order valence-corrected chi connectivity index (χ4v) is 5.15. The molecule has 3 aliphatic rings. The second-order valence-corrected chi connectivity index (χ2v) is 8.14. The molecule has 27 heavy (non-hydrogen) atoms. The Morgan fingerprint density at radius 1 is 1.26 bits per heavy atom. The molecule has 1 aromatic heterocycles. The minimum Gasteiger partial charge on any atom is -0.337 e. The lowest BCUT2D eigenvalue weighted by Gasteiger charge is -2.40. The van der Waals surface area contributed by atoms with Crippen molar-refractivity contribution in [1.82, 2.24) is 15.1 Å². The standard InChI is InChI=1S/C20H22F3N3O/c1-19(7-3-2-6-17(19)20(21,22)23)15-9-13-11-26(12-14(13)10-15)18(27)16-5-4-8-24-25-16/h2-6,8,13-15H,7,9-12H2,1H3/t13-,14+,15?,19?. The number of hydrogen-bond donors (Lipinski definition) is 0. The molecular weight excluding hydrogens is 355 g/mol. The Kier molecular flexibility index (Phi) is 4.35. The average Bonchev–Trinajstić information content (AvgIpc) is 3.21. The molecule has 2 fully saturated rings. The van der Waals surface area contributed by atoms with Crippen molar-refractivity contribution in [2.45, 2.75) is 32.4 Å². The molecule has 2 aliphatic carbocycles. The second-order valence-electron chi connectivity index (χ2n) is 8.14. The molecule has 1 aromatic rings. The van der Waals surface area contributed by atoms with Crippen molar-refractivity contribution in [1.29, 1.82) is 0 Å². The van der Waals surface area contributed by atoms with Gasteiger partial charge in [0.25, 0.3) is 5.91 Å². The summed E-state index contributed by atoms with van der Waals surface area (Å²) in [7, 11) is 0. The number of likely N-dealkylation sites (tertiary alicyclic amines) is 1. The normalized spacial score (nSPS) is 33.1. The molecule has 1 amide bonds. The number of alkyl halides is 3. The van der Waals surface area contributed by atoms with Gasteiger partial charge in [-0.2, -0.15) is 18.3 Å². The van der Waals surface area contributed by atoms with Crippen molar-refractivity contribution in [2.24, 2.45) is 23.2 Å². The first-order valence-corrected chi connectivity index (χ1v) is 9.30. The zero-order valence-corrected chi connectivity index (χ0v) is 15.1. The number of fused-ring (bicyclic) bond motifs is 1. The molecule has 1 saturated heterocycles. The summed E-state index contributed by atoms with van der Waals surface area (Å²) in [4.78, 5) is 14.3. The van der Waals surface area contributed by atoms with Gasteiger partial charge >= 0.3 is 6.18 Å². The fourth-order valence-electron chi connectivity index (χ4n) is 5.15. The van der Waals surface area contributed by atoms with E-state index in [9.17, 15) is 18.0 Å². The lowest BCUT2D eigenvalue weighted by molar-refractivity contribution is -0.111. The maximum atomic E-state index is 13.6. The topological polar surface area (TPSA) is 46.1 Å². The highest BCUT2D eigenvalue weighted by atomic mass is 19.4. The minimum atomic E-state index is -4.30. The first-order valence-electron chi connectivity index (χ1n) is 9.30. The summed E-state index contributed by atoms with van der Waals surface area (Å²) in [5.41, 5.74) is -0.965. The smallest absolute Gasteiger partial charge is 0.337 e. The quantitative estimate of drug-likeness (QED) is 0.782. The lowest BCUT2D eigenvalue weighted by Crippen LogP contribution is -2.37. The molecule has 7 heteroatoms. The predicted molar refractivity (Wildman–Crippen MR) is 93.6 cm³/mol. The molecule has 4 nitrogen and oxygen atoms in total. The predicted octanol–water partition coefficient (Wildman–Crippen LogP) is 4.03. The van der Waals surface area contributed by atoms with E-state index in [1.165, 1.54) is 18.3 Å². The number of halogens is 3. The van der Waals surface area contributed by atoms with Crippen LogP contribution in [-0.2, 0) is 0 Å². The van der Waals surface area contributed by atoms with Crippen LogP contribution >= 0.6 is 0 Å². The monoisotopic (exact) mass is 377 g/mol. The number of amides is 1. The summed E-state index contributed by atoms with van der Waals surface area (Å²) >= 11 is 0. The van der Waals surface area contributed by atoms with E-state index in [-0.39, 0.29) is 23.7 Å². The molecule has 0 spiro atoms. The van der Waals surface area contributed by atoms with Crippen molar-refractivity contribution in [3.63, 3.8) is 0 Å². The highest BCUT2D eigenvalue weighted by Gasteiger charge is 2.54. The highest BCUT2D eigenvalue weighted by molar-refractivity contribution is 5.92. The zero-order valence-electron chi connectivity index (χ0n) is 15.1. The van der Waals surface area contributed by atoms with Gasteiger partial charge in [0.15, 0.2) is 5.69 Å². The van der Waals surface area contributed by atoms with E-state index in [1.54, 1.807) is 24.0 Å². The largest absolute Gasteiger partial charge is 0.413 e. The van der Waals surface area contributed by atoms with Gasteiger partial charge in [-0.05, 0) is 49.1 Å². The third kappa shape index (κ3) is 3.17. The number of hydrogen-bond acceptors (Lipinski definition) is 3. The van der Waals surface area contributed by atoms with Gasteiger partial charge in [0.1, 0.15) is 0 Å². The van der Waals surface area contributed by atoms with E-state index >= 15 is 0 Å². The van der Waals surface area contributed by atoms with Crippen LogP contribution in [-0.4, -0.2) is 40.3 Å². The van der Waals surface area contributed by atoms with Gasteiger partial charge in [-0.3, -0.25) is 4.79 Å². The van der Waals surface area contributed by atoms with Crippen LogP contribution in [0.15, 0.2) is 42.1 Å².